The monoisotopic (exact) mass is 351 g/mol. The summed E-state index contributed by atoms with van der Waals surface area (Å²) >= 11 is 5.31. The van der Waals surface area contributed by atoms with Gasteiger partial charge in [0.1, 0.15) is 17.2 Å². The zero-order valence-corrected chi connectivity index (χ0v) is 14.1. The molecule has 5 heteroatoms. The van der Waals surface area contributed by atoms with Crippen molar-refractivity contribution in [1.82, 2.24) is 9.97 Å². The van der Waals surface area contributed by atoms with Crippen molar-refractivity contribution in [3.05, 3.63) is 46.2 Å². The number of hydrogen-bond acceptors (Lipinski definition) is 4. The van der Waals surface area contributed by atoms with E-state index >= 15 is 0 Å². The number of anilines is 1. The van der Waals surface area contributed by atoms with Gasteiger partial charge in [-0.25, -0.2) is 9.97 Å². The van der Waals surface area contributed by atoms with Crippen molar-refractivity contribution >= 4 is 33.5 Å². The van der Waals surface area contributed by atoms with Crippen LogP contribution in [0.25, 0.3) is 0 Å². The fourth-order valence-electron chi connectivity index (χ4n) is 1.77. The topological polar surface area (TPSA) is 37.8 Å². The summed E-state index contributed by atoms with van der Waals surface area (Å²) in [5.41, 5.74) is 2.60. The predicted octanol–water partition coefficient (Wildman–Crippen LogP) is 4.66. The molecule has 20 heavy (non-hydrogen) atoms. The van der Waals surface area contributed by atoms with Crippen molar-refractivity contribution in [1.29, 1.82) is 0 Å². The van der Waals surface area contributed by atoms with E-state index in [1.807, 2.05) is 0 Å². The Balaban J connectivity index is 2.06. The average Bonchev–Trinajstić information content (AvgIpc) is 2.45. The molecule has 0 radical (unpaired) electrons. The standard InChI is InChI=1S/C15H18BrN3S/c1-3-7-17-14-13(16)15(19-10-18-14)20-9-12-6-4-5-11(2)8-12/h4-6,8,10H,3,7,9H2,1-2H3,(H,17,18,19). The fourth-order valence-corrected chi connectivity index (χ4v) is 3.29. The zero-order chi connectivity index (χ0) is 14.4. The maximum atomic E-state index is 4.35. The van der Waals surface area contributed by atoms with Gasteiger partial charge in [-0.05, 0) is 34.8 Å². The molecular formula is C15H18BrN3S. The molecule has 0 bridgehead atoms. The van der Waals surface area contributed by atoms with E-state index < -0.39 is 0 Å². The van der Waals surface area contributed by atoms with Gasteiger partial charge in [-0.1, -0.05) is 36.8 Å². The Bertz CT molecular complexity index is 575. The summed E-state index contributed by atoms with van der Waals surface area (Å²) < 4.78 is 0.950. The van der Waals surface area contributed by atoms with Crippen LogP contribution in [0, 0.1) is 6.92 Å². The minimum Gasteiger partial charge on any atom is -0.369 e. The first-order valence-electron chi connectivity index (χ1n) is 6.63. The largest absolute Gasteiger partial charge is 0.369 e. The van der Waals surface area contributed by atoms with Gasteiger partial charge in [-0.15, -0.1) is 11.8 Å². The average molecular weight is 352 g/mol. The van der Waals surface area contributed by atoms with E-state index in [1.165, 1.54) is 11.1 Å². The third-order valence-corrected chi connectivity index (χ3v) is 4.83. The van der Waals surface area contributed by atoms with Crippen LogP contribution in [0.2, 0.25) is 0 Å². The van der Waals surface area contributed by atoms with E-state index in [4.69, 9.17) is 0 Å². The zero-order valence-electron chi connectivity index (χ0n) is 11.7. The molecule has 0 spiro atoms. The van der Waals surface area contributed by atoms with Gasteiger partial charge in [0.15, 0.2) is 0 Å². The summed E-state index contributed by atoms with van der Waals surface area (Å²) in [4.78, 5) is 8.61. The highest BCUT2D eigenvalue weighted by atomic mass is 79.9. The van der Waals surface area contributed by atoms with Gasteiger partial charge in [0.25, 0.3) is 0 Å². The maximum Gasteiger partial charge on any atom is 0.144 e. The van der Waals surface area contributed by atoms with Crippen LogP contribution in [0.15, 0.2) is 40.1 Å². The molecule has 2 aromatic rings. The van der Waals surface area contributed by atoms with Crippen molar-refractivity contribution in [2.45, 2.75) is 31.0 Å². The number of hydrogen-bond donors (Lipinski definition) is 1. The number of nitrogens with one attached hydrogen (secondary N) is 1. The van der Waals surface area contributed by atoms with Gasteiger partial charge in [-0.3, -0.25) is 0 Å². The number of thioether (sulfide) groups is 1. The van der Waals surface area contributed by atoms with Crippen LogP contribution >= 0.6 is 27.7 Å². The van der Waals surface area contributed by atoms with Crippen LogP contribution < -0.4 is 5.32 Å². The van der Waals surface area contributed by atoms with Crippen molar-refractivity contribution in [3.63, 3.8) is 0 Å². The Morgan fingerprint density at radius 3 is 2.90 bits per heavy atom. The maximum absolute atomic E-state index is 4.35. The van der Waals surface area contributed by atoms with Crippen molar-refractivity contribution in [3.8, 4) is 0 Å². The molecule has 0 amide bonds. The molecule has 0 aliphatic carbocycles. The summed E-state index contributed by atoms with van der Waals surface area (Å²) in [6.45, 7) is 5.16. The van der Waals surface area contributed by atoms with Crippen LogP contribution in [-0.4, -0.2) is 16.5 Å². The van der Waals surface area contributed by atoms with E-state index in [-0.39, 0.29) is 0 Å². The molecule has 1 N–H and O–H groups in total. The lowest BCUT2D eigenvalue weighted by atomic mass is 10.2. The first-order chi connectivity index (χ1) is 9.70. The van der Waals surface area contributed by atoms with Crippen molar-refractivity contribution in [2.24, 2.45) is 0 Å². The molecule has 0 atom stereocenters. The predicted molar refractivity (Wildman–Crippen MR) is 89.3 cm³/mol. The first-order valence-corrected chi connectivity index (χ1v) is 8.41. The van der Waals surface area contributed by atoms with Crippen LogP contribution in [0.1, 0.15) is 24.5 Å². The van der Waals surface area contributed by atoms with Crippen molar-refractivity contribution in [2.75, 3.05) is 11.9 Å². The van der Waals surface area contributed by atoms with Crippen LogP contribution in [0.3, 0.4) is 0 Å². The highest BCUT2D eigenvalue weighted by Crippen LogP contribution is 2.32. The lowest BCUT2D eigenvalue weighted by Gasteiger charge is -2.09. The Morgan fingerprint density at radius 1 is 1.30 bits per heavy atom. The highest BCUT2D eigenvalue weighted by molar-refractivity contribution is 9.10. The number of rotatable bonds is 6. The summed E-state index contributed by atoms with van der Waals surface area (Å²) in [7, 11) is 0. The van der Waals surface area contributed by atoms with Crippen molar-refractivity contribution < 1.29 is 0 Å². The lowest BCUT2D eigenvalue weighted by molar-refractivity contribution is 0.946. The van der Waals surface area contributed by atoms with E-state index in [9.17, 15) is 0 Å². The molecule has 1 aromatic heterocycles. The van der Waals surface area contributed by atoms with Crippen LogP contribution in [-0.2, 0) is 5.75 Å². The SMILES string of the molecule is CCCNc1ncnc(SCc2cccc(C)c2)c1Br. The van der Waals surface area contributed by atoms with Gasteiger partial charge in [0, 0.05) is 12.3 Å². The third kappa shape index (κ3) is 4.21. The van der Waals surface area contributed by atoms with Gasteiger partial charge < -0.3 is 5.32 Å². The molecule has 1 aromatic carbocycles. The summed E-state index contributed by atoms with van der Waals surface area (Å²) in [6.07, 6.45) is 2.68. The van der Waals surface area contributed by atoms with E-state index in [2.05, 4.69) is 69.3 Å². The Hall–Kier alpha value is -1.07. The fraction of sp³-hybridized carbons (Fsp3) is 0.333. The number of aromatic nitrogens is 2. The molecular weight excluding hydrogens is 334 g/mol. The third-order valence-electron chi connectivity index (χ3n) is 2.76. The second-order valence-corrected chi connectivity index (χ2v) is 6.30. The van der Waals surface area contributed by atoms with Gasteiger partial charge in [0.2, 0.25) is 0 Å². The van der Waals surface area contributed by atoms with E-state index in [0.717, 1.165) is 34.0 Å². The summed E-state index contributed by atoms with van der Waals surface area (Å²) in [6, 6.07) is 8.56. The van der Waals surface area contributed by atoms with Crippen LogP contribution in [0.5, 0.6) is 0 Å². The molecule has 0 fully saturated rings. The number of nitrogens with zero attached hydrogens (tertiary/aromatic N) is 2. The van der Waals surface area contributed by atoms with Gasteiger partial charge in [0.05, 0.1) is 4.47 Å². The second kappa shape index (κ2) is 7.64. The molecule has 0 aliphatic heterocycles. The molecule has 0 aliphatic rings. The molecule has 0 saturated heterocycles. The highest BCUT2D eigenvalue weighted by Gasteiger charge is 2.09. The molecule has 3 nitrogen and oxygen atoms in total. The minimum atomic E-state index is 0.869. The first kappa shape index (κ1) is 15.3. The molecule has 1 heterocycles. The normalized spacial score (nSPS) is 10.6. The minimum absolute atomic E-state index is 0.869. The van der Waals surface area contributed by atoms with Gasteiger partial charge >= 0.3 is 0 Å². The Morgan fingerprint density at radius 2 is 2.15 bits per heavy atom. The molecule has 2 rings (SSSR count). The Labute approximate surface area is 132 Å². The van der Waals surface area contributed by atoms with E-state index in [0.29, 0.717) is 0 Å². The number of aryl methyl sites for hydroxylation is 1. The molecule has 0 unspecified atom stereocenters. The number of benzene rings is 1. The Kier molecular flexibility index (Phi) is 5.86. The second-order valence-electron chi connectivity index (χ2n) is 4.55. The quantitative estimate of drug-likeness (QED) is 0.606. The summed E-state index contributed by atoms with van der Waals surface area (Å²) in [5.74, 6) is 1.78. The summed E-state index contributed by atoms with van der Waals surface area (Å²) in [5, 5.41) is 4.27. The van der Waals surface area contributed by atoms with Crippen LogP contribution in [0.4, 0.5) is 5.82 Å². The van der Waals surface area contributed by atoms with E-state index in [1.54, 1.807) is 18.1 Å². The number of halogens is 1. The molecule has 0 saturated carbocycles. The lowest BCUT2D eigenvalue weighted by Crippen LogP contribution is -2.03. The molecule has 106 valence electrons. The smallest absolute Gasteiger partial charge is 0.144 e. The van der Waals surface area contributed by atoms with Gasteiger partial charge in [-0.2, -0.15) is 0 Å².